The predicted molar refractivity (Wildman–Crippen MR) is 179 cm³/mol. The van der Waals surface area contributed by atoms with Crippen molar-refractivity contribution >= 4 is 49.8 Å². The van der Waals surface area contributed by atoms with Crippen molar-refractivity contribution in [3.05, 3.63) is 54.1 Å². The van der Waals surface area contributed by atoms with Crippen LogP contribution in [-0.4, -0.2) is 22.8 Å². The molecule has 0 saturated heterocycles. The molecule has 0 spiro atoms. The van der Waals surface area contributed by atoms with Gasteiger partial charge in [0.15, 0.2) is 5.75 Å². The summed E-state index contributed by atoms with van der Waals surface area (Å²) in [7, 11) is 0. The Morgan fingerprint density at radius 2 is 1.12 bits per heavy atom. The summed E-state index contributed by atoms with van der Waals surface area (Å²) in [6, 6.07) is 11.2. The lowest BCUT2D eigenvalue weighted by atomic mass is 10.1. The Balaban J connectivity index is 0.00000107. The van der Waals surface area contributed by atoms with Crippen LogP contribution >= 0.6 is 0 Å². The molecule has 41 heavy (non-hydrogen) atoms. The van der Waals surface area contributed by atoms with Crippen LogP contribution in [0.5, 0.6) is 5.75 Å². The van der Waals surface area contributed by atoms with Crippen molar-refractivity contribution in [3.63, 3.8) is 0 Å². The molecule has 3 N–H and O–H groups in total. The minimum absolute atomic E-state index is 0.313. The van der Waals surface area contributed by atoms with E-state index in [1.165, 1.54) is 36.9 Å². The molecule has 5 aromatic rings. The topological polar surface area (TPSA) is 64.7 Å². The van der Waals surface area contributed by atoms with E-state index in [2.05, 4.69) is 44.6 Å². The van der Waals surface area contributed by atoms with Crippen molar-refractivity contribution in [2.45, 2.75) is 95.4 Å². The standard InChI is InChI=1S/C22H17F2N3O.C4H10.C3H8.3C2H6/c23-12-3-5-18-14(9-12)16-11-17-15-10-13(24)4-6-19(15)27-21(17)22(20(16)26-18)28-8-2-1-7-25;1-4(2)3;1-3-2;3*1-2/h3-7,9-11,25-27H,1-2,8H2;4H,1-3H3;3H2,1-2H3;3*1-2H3. The van der Waals surface area contributed by atoms with E-state index in [9.17, 15) is 8.78 Å². The van der Waals surface area contributed by atoms with Crippen molar-refractivity contribution in [3.8, 4) is 5.75 Å². The second-order valence-electron chi connectivity index (χ2n) is 9.31. The number of ether oxygens (including phenoxy) is 1. The number of halogens is 2. The quantitative estimate of drug-likeness (QED) is 0.143. The molecular formula is C35H53F2N3O. The summed E-state index contributed by atoms with van der Waals surface area (Å²) in [5, 5.41) is 10.3. The molecular weight excluding hydrogens is 516 g/mol. The number of rotatable bonds is 5. The van der Waals surface area contributed by atoms with E-state index in [1.807, 2.05) is 47.6 Å². The normalized spacial score (nSPS) is 9.80. The molecule has 0 atom stereocenters. The highest BCUT2D eigenvalue weighted by atomic mass is 19.1. The van der Waals surface area contributed by atoms with E-state index in [4.69, 9.17) is 10.1 Å². The lowest BCUT2D eigenvalue weighted by Gasteiger charge is -2.08. The van der Waals surface area contributed by atoms with Crippen molar-refractivity contribution in [2.24, 2.45) is 5.92 Å². The number of benzene rings is 3. The zero-order chi connectivity index (χ0) is 31.5. The van der Waals surface area contributed by atoms with E-state index in [1.54, 1.807) is 12.1 Å². The van der Waals surface area contributed by atoms with Gasteiger partial charge in [0.25, 0.3) is 0 Å². The first kappa shape index (κ1) is 37.6. The number of fused-ring (bicyclic) bond motifs is 6. The van der Waals surface area contributed by atoms with Gasteiger partial charge >= 0.3 is 0 Å². The van der Waals surface area contributed by atoms with Crippen molar-refractivity contribution in [2.75, 3.05) is 6.61 Å². The summed E-state index contributed by atoms with van der Waals surface area (Å²) < 4.78 is 33.8. The molecule has 6 heteroatoms. The highest BCUT2D eigenvalue weighted by molar-refractivity contribution is 6.20. The van der Waals surface area contributed by atoms with Crippen LogP contribution in [-0.2, 0) is 0 Å². The number of nitrogens with one attached hydrogen (secondary N) is 3. The summed E-state index contributed by atoms with van der Waals surface area (Å²) in [5.74, 6) is 0.838. The molecule has 228 valence electrons. The molecule has 0 aliphatic rings. The molecule has 0 bridgehead atoms. The Morgan fingerprint density at radius 1 is 0.732 bits per heavy atom. The molecule has 0 aliphatic carbocycles. The summed E-state index contributed by atoms with van der Waals surface area (Å²) in [4.78, 5) is 6.66. The molecule has 0 fully saturated rings. The number of H-pyrrole nitrogens is 2. The van der Waals surface area contributed by atoms with E-state index >= 15 is 0 Å². The first-order chi connectivity index (χ1) is 19.8. The maximum absolute atomic E-state index is 13.9. The van der Waals surface area contributed by atoms with Gasteiger partial charge < -0.3 is 20.1 Å². The fourth-order valence-corrected chi connectivity index (χ4v) is 3.80. The number of unbranched alkanes of at least 4 members (excludes halogenated alkanes) is 1. The van der Waals surface area contributed by atoms with Crippen LogP contribution in [0, 0.1) is 23.0 Å². The highest BCUT2D eigenvalue weighted by Crippen LogP contribution is 2.41. The molecule has 4 nitrogen and oxygen atoms in total. The maximum Gasteiger partial charge on any atom is 0.167 e. The number of hydrogen-bond donors (Lipinski definition) is 3. The van der Waals surface area contributed by atoms with Gasteiger partial charge in [-0.25, -0.2) is 8.78 Å². The molecule has 0 unspecified atom stereocenters. The molecule has 2 heterocycles. The smallest absolute Gasteiger partial charge is 0.167 e. The van der Waals surface area contributed by atoms with E-state index in [0.29, 0.717) is 25.2 Å². The number of aromatic nitrogens is 2. The average Bonchev–Trinajstić information content (AvgIpc) is 3.52. The first-order valence-electron chi connectivity index (χ1n) is 15.3. The fraction of sp³-hybridized carbons (Fsp3) is 0.457. The van der Waals surface area contributed by atoms with Crippen LogP contribution in [0.25, 0.3) is 43.6 Å². The van der Waals surface area contributed by atoms with Gasteiger partial charge in [0.2, 0.25) is 0 Å². The van der Waals surface area contributed by atoms with Gasteiger partial charge in [0, 0.05) is 32.6 Å². The van der Waals surface area contributed by atoms with Crippen LogP contribution in [0.4, 0.5) is 8.78 Å². The van der Waals surface area contributed by atoms with Gasteiger partial charge in [-0.15, -0.1) is 0 Å². The summed E-state index contributed by atoms with van der Waals surface area (Å²) in [5.41, 5.74) is 3.16. The molecule has 0 amide bonds. The van der Waals surface area contributed by atoms with Gasteiger partial charge in [0.05, 0.1) is 17.6 Å². The fourth-order valence-electron chi connectivity index (χ4n) is 3.80. The van der Waals surface area contributed by atoms with Gasteiger partial charge in [0.1, 0.15) is 11.6 Å². The van der Waals surface area contributed by atoms with E-state index in [-0.39, 0.29) is 11.6 Å². The Bertz CT molecular complexity index is 1340. The highest BCUT2D eigenvalue weighted by Gasteiger charge is 2.18. The molecule has 5 rings (SSSR count). The third-order valence-electron chi connectivity index (χ3n) is 5.08. The molecule has 0 saturated carbocycles. The van der Waals surface area contributed by atoms with Crippen LogP contribution in [0.3, 0.4) is 0 Å². The van der Waals surface area contributed by atoms with Crippen LogP contribution in [0.15, 0.2) is 42.5 Å². The van der Waals surface area contributed by atoms with Crippen molar-refractivity contribution in [1.29, 1.82) is 5.41 Å². The SMILES string of the molecule is CC.CC.CC.CC(C)C.CCC.N=CCCCOc1c2[nH]c3ccc(F)cc3c2cc2c1[nH]c1ccc(F)cc12. The summed E-state index contributed by atoms with van der Waals surface area (Å²) in [6.07, 6.45) is 3.96. The summed E-state index contributed by atoms with van der Waals surface area (Å²) >= 11 is 0. The Morgan fingerprint density at radius 3 is 1.49 bits per heavy atom. The summed E-state index contributed by atoms with van der Waals surface area (Å²) in [6.45, 7) is 23.2. The first-order valence-corrected chi connectivity index (χ1v) is 15.3. The number of aromatic amines is 2. The van der Waals surface area contributed by atoms with Crippen molar-refractivity contribution < 1.29 is 13.5 Å². The van der Waals surface area contributed by atoms with E-state index < -0.39 is 0 Å². The van der Waals surface area contributed by atoms with Crippen LogP contribution in [0.2, 0.25) is 0 Å². The minimum atomic E-state index is -0.313. The monoisotopic (exact) mass is 569 g/mol. The molecule has 0 radical (unpaired) electrons. The van der Waals surface area contributed by atoms with Gasteiger partial charge in [-0.3, -0.25) is 0 Å². The Labute approximate surface area is 246 Å². The van der Waals surface area contributed by atoms with Gasteiger partial charge in [-0.1, -0.05) is 82.6 Å². The lowest BCUT2D eigenvalue weighted by molar-refractivity contribution is 0.320. The lowest BCUT2D eigenvalue weighted by Crippen LogP contribution is -1.99. The maximum atomic E-state index is 13.9. The molecule has 0 aliphatic heterocycles. The predicted octanol–water partition coefficient (Wildman–Crippen LogP) is 12.2. The Kier molecular flexibility index (Phi) is 18.8. The largest absolute Gasteiger partial charge is 0.489 e. The van der Waals surface area contributed by atoms with Crippen LogP contribution in [0.1, 0.15) is 95.4 Å². The van der Waals surface area contributed by atoms with Gasteiger partial charge in [-0.05, 0) is 67.4 Å². The molecule has 3 aromatic carbocycles. The third kappa shape index (κ3) is 10.5. The second-order valence-corrected chi connectivity index (χ2v) is 9.31. The second kappa shape index (κ2) is 20.5. The van der Waals surface area contributed by atoms with E-state index in [0.717, 1.165) is 49.5 Å². The minimum Gasteiger partial charge on any atom is -0.489 e. The third-order valence-corrected chi connectivity index (χ3v) is 5.08. The Hall–Kier alpha value is -3.41. The van der Waals surface area contributed by atoms with Gasteiger partial charge in [-0.2, -0.15) is 0 Å². The molecule has 2 aromatic heterocycles. The van der Waals surface area contributed by atoms with Crippen LogP contribution < -0.4 is 4.74 Å². The van der Waals surface area contributed by atoms with Crippen molar-refractivity contribution in [1.82, 2.24) is 9.97 Å². The zero-order valence-electron chi connectivity index (χ0n) is 27.2. The average molecular weight is 570 g/mol. The number of hydrogen-bond acceptors (Lipinski definition) is 2. The zero-order valence-corrected chi connectivity index (χ0v) is 27.2.